The van der Waals surface area contributed by atoms with E-state index in [0.29, 0.717) is 19.3 Å². The zero-order valence-corrected chi connectivity index (χ0v) is 15.0. The maximum absolute atomic E-state index is 13.2. The van der Waals surface area contributed by atoms with E-state index < -0.39 is 41.5 Å². The molecule has 1 aromatic heterocycles. The van der Waals surface area contributed by atoms with Crippen LogP contribution in [-0.2, 0) is 9.47 Å². The van der Waals surface area contributed by atoms with Crippen LogP contribution in [0.2, 0.25) is 0 Å². The van der Waals surface area contributed by atoms with Crippen LogP contribution >= 0.6 is 0 Å². The highest BCUT2D eigenvalue weighted by Crippen LogP contribution is 2.31. The molecule has 1 aliphatic rings. The number of esters is 1. The molecule has 1 saturated heterocycles. The Morgan fingerprint density at radius 3 is 2.50 bits per heavy atom. The Bertz CT molecular complexity index is 711. The Labute approximate surface area is 149 Å². The van der Waals surface area contributed by atoms with Crippen molar-refractivity contribution in [2.24, 2.45) is 0 Å². The third-order valence-corrected chi connectivity index (χ3v) is 3.84. The molecule has 0 saturated carbocycles. The van der Waals surface area contributed by atoms with E-state index in [1.807, 2.05) is 0 Å². The average Bonchev–Trinajstić information content (AvgIpc) is 3.16. The van der Waals surface area contributed by atoms with Gasteiger partial charge in [0.2, 0.25) is 0 Å². The van der Waals surface area contributed by atoms with E-state index in [0.717, 1.165) is 11.7 Å². The van der Waals surface area contributed by atoms with E-state index in [-0.39, 0.29) is 12.4 Å². The maximum Gasteiger partial charge on any atom is 0.410 e. The van der Waals surface area contributed by atoms with Crippen molar-refractivity contribution in [1.29, 1.82) is 0 Å². The molecule has 26 heavy (non-hydrogen) atoms. The Hall–Kier alpha value is -2.52. The number of methoxy groups -OCH3 is 1. The highest BCUT2D eigenvalue weighted by Gasteiger charge is 2.37. The molecular formula is C16H21F2N3O5. The summed E-state index contributed by atoms with van der Waals surface area (Å²) in [5.74, 6) is -1.33. The summed E-state index contributed by atoms with van der Waals surface area (Å²) in [6.45, 7) is 5.56. The lowest BCUT2D eigenvalue weighted by Gasteiger charge is -2.24. The predicted octanol–water partition coefficient (Wildman–Crippen LogP) is 2.60. The molecule has 0 aliphatic carbocycles. The van der Waals surface area contributed by atoms with Gasteiger partial charge in [0.05, 0.1) is 13.2 Å². The summed E-state index contributed by atoms with van der Waals surface area (Å²) in [4.78, 5) is 40.5. The van der Waals surface area contributed by atoms with Gasteiger partial charge in [-0.05, 0) is 27.2 Å². The second kappa shape index (κ2) is 7.38. The predicted molar refractivity (Wildman–Crippen MR) is 85.4 cm³/mol. The number of hydrogen-bond donors (Lipinski definition) is 0. The molecular weight excluding hydrogens is 352 g/mol. The van der Waals surface area contributed by atoms with Crippen molar-refractivity contribution in [3.05, 3.63) is 17.2 Å². The van der Waals surface area contributed by atoms with E-state index in [2.05, 4.69) is 9.72 Å². The number of halogens is 2. The Kier molecular flexibility index (Phi) is 5.62. The van der Waals surface area contributed by atoms with Gasteiger partial charge in [-0.1, -0.05) is 0 Å². The molecule has 0 spiro atoms. The smallest absolute Gasteiger partial charge is 0.410 e. The Morgan fingerprint density at radius 1 is 1.35 bits per heavy atom. The largest absolute Gasteiger partial charge is 0.464 e. The molecule has 1 amide bonds. The first-order valence-corrected chi connectivity index (χ1v) is 8.00. The van der Waals surface area contributed by atoms with Crippen LogP contribution in [0.4, 0.5) is 13.6 Å². The first kappa shape index (κ1) is 19.8. The van der Waals surface area contributed by atoms with Crippen LogP contribution < -0.4 is 0 Å². The fraction of sp³-hybridized carbons (Fsp3) is 0.625. The Morgan fingerprint density at radius 2 is 2.00 bits per heavy atom. The van der Waals surface area contributed by atoms with E-state index in [1.165, 1.54) is 4.90 Å². The molecule has 2 rings (SSSR count). The zero-order chi connectivity index (χ0) is 19.6. The molecule has 10 heteroatoms. The minimum absolute atomic E-state index is 0.0960. The molecule has 1 atom stereocenters. The molecule has 8 nitrogen and oxygen atoms in total. The molecule has 0 aromatic carbocycles. The second-order valence-corrected chi connectivity index (χ2v) is 6.85. The molecule has 144 valence electrons. The fourth-order valence-electron chi connectivity index (χ4n) is 2.82. The van der Waals surface area contributed by atoms with E-state index >= 15 is 0 Å². The highest BCUT2D eigenvalue weighted by atomic mass is 19.3. The van der Waals surface area contributed by atoms with Gasteiger partial charge in [0, 0.05) is 13.1 Å². The number of aromatic nitrogens is 2. The fourth-order valence-corrected chi connectivity index (χ4v) is 2.82. The van der Waals surface area contributed by atoms with Crippen molar-refractivity contribution in [2.75, 3.05) is 20.2 Å². The summed E-state index contributed by atoms with van der Waals surface area (Å²) in [5.41, 5.74) is -1.96. The van der Waals surface area contributed by atoms with Crippen molar-refractivity contribution < 1.29 is 32.6 Å². The van der Waals surface area contributed by atoms with Gasteiger partial charge in [0.15, 0.2) is 17.8 Å². The van der Waals surface area contributed by atoms with Crippen molar-refractivity contribution >= 4 is 18.3 Å². The van der Waals surface area contributed by atoms with Gasteiger partial charge in [0.25, 0.3) is 6.43 Å². The maximum atomic E-state index is 13.2. The van der Waals surface area contributed by atoms with Crippen LogP contribution in [0.15, 0.2) is 0 Å². The number of carbonyl (C=O) groups excluding carboxylic acids is 3. The van der Waals surface area contributed by atoms with Crippen LogP contribution in [0.5, 0.6) is 0 Å². The summed E-state index contributed by atoms with van der Waals surface area (Å²) in [6, 6.07) is -0.572. The molecule has 1 fully saturated rings. The summed E-state index contributed by atoms with van der Waals surface area (Å²) < 4.78 is 37.5. The number of nitrogens with zero attached hydrogens (tertiary/aromatic N) is 3. The first-order chi connectivity index (χ1) is 12.1. The number of likely N-dealkylation sites (tertiary alicyclic amines) is 1. The molecule has 0 bridgehead atoms. The SMILES string of the molecule is COC(=O)c1c(C(F)F)nc(C=O)n1C1CCN(C(=O)OC(C)(C)C)C1. The molecule has 2 heterocycles. The number of carbonyl (C=O) groups is 3. The number of imidazole rings is 1. The second-order valence-electron chi connectivity index (χ2n) is 6.85. The van der Waals surface area contributed by atoms with Gasteiger partial charge < -0.3 is 18.9 Å². The van der Waals surface area contributed by atoms with Crippen LogP contribution in [0, 0.1) is 0 Å². The van der Waals surface area contributed by atoms with Crippen LogP contribution in [0.3, 0.4) is 0 Å². The number of hydrogen-bond acceptors (Lipinski definition) is 6. The van der Waals surface area contributed by atoms with Gasteiger partial charge in [-0.3, -0.25) is 4.79 Å². The monoisotopic (exact) mass is 373 g/mol. The minimum atomic E-state index is -3.05. The topological polar surface area (TPSA) is 90.7 Å². The number of rotatable bonds is 4. The van der Waals surface area contributed by atoms with Gasteiger partial charge in [-0.2, -0.15) is 0 Å². The Balaban J connectivity index is 2.35. The average molecular weight is 373 g/mol. The van der Waals surface area contributed by atoms with Gasteiger partial charge >= 0.3 is 12.1 Å². The molecule has 1 unspecified atom stereocenters. The molecule has 0 N–H and O–H groups in total. The van der Waals surface area contributed by atoms with E-state index in [4.69, 9.17) is 4.74 Å². The normalized spacial score (nSPS) is 17.5. The number of amides is 1. The first-order valence-electron chi connectivity index (χ1n) is 8.00. The molecule has 1 aliphatic heterocycles. The van der Waals surface area contributed by atoms with Gasteiger partial charge in [-0.25, -0.2) is 23.4 Å². The van der Waals surface area contributed by atoms with Crippen LogP contribution in [-0.4, -0.2) is 58.6 Å². The van der Waals surface area contributed by atoms with Gasteiger partial charge in [-0.15, -0.1) is 0 Å². The molecule has 1 aromatic rings. The lowest BCUT2D eigenvalue weighted by Crippen LogP contribution is -2.35. The van der Waals surface area contributed by atoms with E-state index in [9.17, 15) is 23.2 Å². The van der Waals surface area contributed by atoms with Crippen molar-refractivity contribution in [1.82, 2.24) is 14.5 Å². The molecule has 0 radical (unpaired) electrons. The third kappa shape index (κ3) is 4.00. The lowest BCUT2D eigenvalue weighted by atomic mass is 10.2. The number of ether oxygens (including phenoxy) is 2. The van der Waals surface area contributed by atoms with Crippen molar-refractivity contribution in [2.45, 2.75) is 45.3 Å². The minimum Gasteiger partial charge on any atom is -0.464 e. The van der Waals surface area contributed by atoms with Crippen LogP contribution in [0.25, 0.3) is 0 Å². The van der Waals surface area contributed by atoms with E-state index in [1.54, 1.807) is 20.8 Å². The van der Waals surface area contributed by atoms with Crippen molar-refractivity contribution in [3.8, 4) is 0 Å². The summed E-state index contributed by atoms with van der Waals surface area (Å²) >= 11 is 0. The van der Waals surface area contributed by atoms with Crippen molar-refractivity contribution in [3.63, 3.8) is 0 Å². The summed E-state index contributed by atoms with van der Waals surface area (Å²) in [6.07, 6.45) is -2.95. The summed E-state index contributed by atoms with van der Waals surface area (Å²) in [5, 5.41) is 0. The third-order valence-electron chi connectivity index (χ3n) is 3.84. The number of alkyl halides is 2. The quantitative estimate of drug-likeness (QED) is 0.595. The zero-order valence-electron chi connectivity index (χ0n) is 15.0. The summed E-state index contributed by atoms with van der Waals surface area (Å²) in [7, 11) is 1.05. The standard InChI is InChI=1S/C16H21F2N3O5/c1-16(2,3)26-15(24)20-6-5-9(7-20)21-10(8-22)19-11(13(17)18)12(21)14(23)25-4/h8-9,13H,5-7H2,1-4H3. The highest BCUT2D eigenvalue weighted by molar-refractivity contribution is 5.90. The van der Waals surface area contributed by atoms with Crippen LogP contribution in [0.1, 0.15) is 66.5 Å². The van der Waals surface area contributed by atoms with Gasteiger partial charge in [0.1, 0.15) is 11.3 Å². The number of aldehydes is 1. The lowest BCUT2D eigenvalue weighted by molar-refractivity contribution is 0.0289.